The minimum absolute atomic E-state index is 0.504. The topological polar surface area (TPSA) is 31.4 Å². The number of halogens is 1. The van der Waals surface area contributed by atoms with Crippen molar-refractivity contribution in [1.82, 2.24) is 4.98 Å². The van der Waals surface area contributed by atoms with Crippen molar-refractivity contribution in [3.63, 3.8) is 0 Å². The van der Waals surface area contributed by atoms with Crippen molar-refractivity contribution in [2.75, 3.05) is 13.2 Å². The van der Waals surface area contributed by atoms with E-state index in [-0.39, 0.29) is 0 Å². The van der Waals surface area contributed by atoms with Gasteiger partial charge in [-0.3, -0.25) is 0 Å². The molecule has 0 atom stereocenters. The van der Waals surface area contributed by atoms with Gasteiger partial charge in [0.25, 0.3) is 0 Å². The fraction of sp³-hybridized carbons (Fsp3) is 0.308. The van der Waals surface area contributed by atoms with Crippen molar-refractivity contribution < 1.29 is 9.47 Å². The summed E-state index contributed by atoms with van der Waals surface area (Å²) >= 11 is 5.96. The Morgan fingerprint density at radius 3 is 2.59 bits per heavy atom. The molecule has 2 aromatic rings. The summed E-state index contributed by atoms with van der Waals surface area (Å²) in [7, 11) is 0. The van der Waals surface area contributed by atoms with Gasteiger partial charge in [-0.2, -0.15) is 0 Å². The number of aryl methyl sites for hydroxylation is 1. The third-order valence-electron chi connectivity index (χ3n) is 2.85. The standard InChI is InChI=1S/C13H12ClNO2/c1-8-5-13(14)15-10-7-12-11(6-9(8)10)16-3-2-4-17-12/h5-7H,2-4H2,1H3. The zero-order chi connectivity index (χ0) is 11.8. The number of ether oxygens (including phenoxy) is 2. The molecule has 2 heterocycles. The van der Waals surface area contributed by atoms with Gasteiger partial charge in [0.2, 0.25) is 0 Å². The first-order chi connectivity index (χ1) is 8.24. The smallest absolute Gasteiger partial charge is 0.163 e. The molecule has 0 bridgehead atoms. The summed E-state index contributed by atoms with van der Waals surface area (Å²) in [5.41, 5.74) is 1.94. The van der Waals surface area contributed by atoms with E-state index in [4.69, 9.17) is 21.1 Å². The van der Waals surface area contributed by atoms with Gasteiger partial charge >= 0.3 is 0 Å². The van der Waals surface area contributed by atoms with Gasteiger partial charge in [-0.15, -0.1) is 0 Å². The Labute approximate surface area is 104 Å². The second-order valence-electron chi connectivity index (χ2n) is 4.13. The fourth-order valence-corrected chi connectivity index (χ4v) is 2.26. The highest BCUT2D eigenvalue weighted by molar-refractivity contribution is 6.29. The largest absolute Gasteiger partial charge is 0.490 e. The van der Waals surface area contributed by atoms with E-state index in [1.165, 1.54) is 0 Å². The van der Waals surface area contributed by atoms with Gasteiger partial charge in [-0.05, 0) is 24.6 Å². The van der Waals surface area contributed by atoms with Crippen LogP contribution < -0.4 is 9.47 Å². The van der Waals surface area contributed by atoms with E-state index in [1.807, 2.05) is 25.1 Å². The van der Waals surface area contributed by atoms with Crippen molar-refractivity contribution in [2.24, 2.45) is 0 Å². The molecule has 17 heavy (non-hydrogen) atoms. The minimum Gasteiger partial charge on any atom is -0.490 e. The Balaban J connectivity index is 2.25. The van der Waals surface area contributed by atoms with Crippen molar-refractivity contribution in [2.45, 2.75) is 13.3 Å². The molecule has 0 saturated heterocycles. The predicted molar refractivity (Wildman–Crippen MR) is 67.1 cm³/mol. The average molecular weight is 250 g/mol. The van der Waals surface area contributed by atoms with E-state index in [1.54, 1.807) is 0 Å². The molecular weight excluding hydrogens is 238 g/mol. The molecule has 3 rings (SSSR count). The average Bonchev–Trinajstić information content (AvgIpc) is 2.51. The molecule has 1 aromatic heterocycles. The summed E-state index contributed by atoms with van der Waals surface area (Å²) in [5, 5.41) is 1.56. The highest BCUT2D eigenvalue weighted by Crippen LogP contribution is 2.35. The van der Waals surface area contributed by atoms with E-state index in [0.29, 0.717) is 18.4 Å². The third kappa shape index (κ3) is 1.91. The Morgan fingerprint density at radius 2 is 1.82 bits per heavy atom. The van der Waals surface area contributed by atoms with Gasteiger partial charge in [0.1, 0.15) is 5.15 Å². The Bertz CT molecular complexity index is 583. The van der Waals surface area contributed by atoms with Crippen LogP contribution in [0.5, 0.6) is 11.5 Å². The summed E-state index contributed by atoms with van der Waals surface area (Å²) in [6.07, 6.45) is 0.901. The second-order valence-corrected chi connectivity index (χ2v) is 4.52. The lowest BCUT2D eigenvalue weighted by molar-refractivity contribution is 0.297. The van der Waals surface area contributed by atoms with Crippen molar-refractivity contribution >= 4 is 22.5 Å². The van der Waals surface area contributed by atoms with Crippen LogP contribution in [0.2, 0.25) is 5.15 Å². The van der Waals surface area contributed by atoms with Gasteiger partial charge in [0.15, 0.2) is 11.5 Å². The van der Waals surface area contributed by atoms with E-state index >= 15 is 0 Å². The van der Waals surface area contributed by atoms with Crippen LogP contribution >= 0.6 is 11.6 Å². The molecule has 1 aliphatic heterocycles. The number of fused-ring (bicyclic) bond motifs is 2. The van der Waals surface area contributed by atoms with E-state index in [0.717, 1.165) is 34.4 Å². The minimum atomic E-state index is 0.504. The lowest BCUT2D eigenvalue weighted by Gasteiger charge is -2.10. The molecule has 0 spiro atoms. The third-order valence-corrected chi connectivity index (χ3v) is 3.05. The Hall–Kier alpha value is -1.48. The molecule has 1 aromatic carbocycles. The second kappa shape index (κ2) is 4.08. The number of nitrogens with zero attached hydrogens (tertiary/aromatic N) is 1. The monoisotopic (exact) mass is 249 g/mol. The maximum absolute atomic E-state index is 5.96. The van der Waals surface area contributed by atoms with Crippen molar-refractivity contribution in [3.05, 3.63) is 28.9 Å². The van der Waals surface area contributed by atoms with Crippen LogP contribution in [-0.2, 0) is 0 Å². The van der Waals surface area contributed by atoms with Crippen LogP contribution in [-0.4, -0.2) is 18.2 Å². The molecule has 0 N–H and O–H groups in total. The molecule has 0 radical (unpaired) electrons. The first kappa shape index (κ1) is 10.7. The van der Waals surface area contributed by atoms with Gasteiger partial charge in [-0.25, -0.2) is 4.98 Å². The summed E-state index contributed by atoms with van der Waals surface area (Å²) in [6, 6.07) is 5.73. The highest BCUT2D eigenvalue weighted by atomic mass is 35.5. The van der Waals surface area contributed by atoms with Crippen LogP contribution in [0.3, 0.4) is 0 Å². The van der Waals surface area contributed by atoms with Crippen LogP contribution in [0.15, 0.2) is 18.2 Å². The zero-order valence-electron chi connectivity index (χ0n) is 9.50. The first-order valence-corrected chi connectivity index (χ1v) is 5.98. The van der Waals surface area contributed by atoms with E-state index < -0.39 is 0 Å². The van der Waals surface area contributed by atoms with Crippen LogP contribution in [0.1, 0.15) is 12.0 Å². The lowest BCUT2D eigenvalue weighted by atomic mass is 10.1. The number of pyridine rings is 1. The quantitative estimate of drug-likeness (QED) is 0.671. The van der Waals surface area contributed by atoms with Gasteiger partial charge in [-0.1, -0.05) is 11.6 Å². The highest BCUT2D eigenvalue weighted by Gasteiger charge is 2.13. The number of rotatable bonds is 0. The normalized spacial score (nSPS) is 14.7. The van der Waals surface area contributed by atoms with Gasteiger partial charge < -0.3 is 9.47 Å². The van der Waals surface area contributed by atoms with E-state index in [9.17, 15) is 0 Å². The SMILES string of the molecule is Cc1cc(Cl)nc2cc3c(cc12)OCCCO3. The molecule has 0 aliphatic carbocycles. The Morgan fingerprint density at radius 1 is 1.12 bits per heavy atom. The number of hydrogen-bond acceptors (Lipinski definition) is 3. The molecule has 0 unspecified atom stereocenters. The molecule has 3 nitrogen and oxygen atoms in total. The molecule has 1 aliphatic rings. The first-order valence-electron chi connectivity index (χ1n) is 5.60. The molecule has 0 amide bonds. The maximum atomic E-state index is 5.96. The lowest BCUT2D eigenvalue weighted by Crippen LogP contribution is -1.97. The number of benzene rings is 1. The molecule has 88 valence electrons. The molecule has 4 heteroatoms. The summed E-state index contributed by atoms with van der Waals surface area (Å²) in [6.45, 7) is 3.39. The predicted octanol–water partition coefficient (Wildman–Crippen LogP) is 3.36. The van der Waals surface area contributed by atoms with Crippen molar-refractivity contribution in [1.29, 1.82) is 0 Å². The number of hydrogen-bond donors (Lipinski definition) is 0. The van der Waals surface area contributed by atoms with Crippen LogP contribution in [0, 0.1) is 6.92 Å². The summed E-state index contributed by atoms with van der Waals surface area (Å²) < 4.78 is 11.3. The number of aromatic nitrogens is 1. The zero-order valence-corrected chi connectivity index (χ0v) is 10.3. The summed E-state index contributed by atoms with van der Waals surface area (Å²) in [4.78, 5) is 4.31. The maximum Gasteiger partial charge on any atom is 0.163 e. The van der Waals surface area contributed by atoms with Gasteiger partial charge in [0, 0.05) is 17.9 Å². The Kier molecular flexibility index (Phi) is 2.56. The molecule has 0 fully saturated rings. The van der Waals surface area contributed by atoms with E-state index in [2.05, 4.69) is 4.98 Å². The van der Waals surface area contributed by atoms with Crippen LogP contribution in [0.4, 0.5) is 0 Å². The fourth-order valence-electron chi connectivity index (χ4n) is 2.01. The van der Waals surface area contributed by atoms with Gasteiger partial charge in [0.05, 0.1) is 18.7 Å². The van der Waals surface area contributed by atoms with Crippen LogP contribution in [0.25, 0.3) is 10.9 Å². The summed E-state index contributed by atoms with van der Waals surface area (Å²) in [5.74, 6) is 1.55. The molecule has 0 saturated carbocycles. The van der Waals surface area contributed by atoms with Crippen molar-refractivity contribution in [3.8, 4) is 11.5 Å². The molecular formula is C13H12ClNO2.